The Hall–Kier alpha value is -1.52. The molecule has 0 radical (unpaired) electrons. The van der Waals surface area contributed by atoms with Gasteiger partial charge in [-0.05, 0) is 0 Å². The van der Waals surface area contributed by atoms with Crippen LogP contribution in [0, 0.1) is 0 Å². The first-order valence-corrected chi connectivity index (χ1v) is 30.8. The zero-order chi connectivity index (χ0) is 28.8. The van der Waals surface area contributed by atoms with E-state index in [9.17, 15) is 0 Å². The summed E-state index contributed by atoms with van der Waals surface area (Å²) in [5.74, 6) is 0. The molecule has 0 aliphatic carbocycles. The van der Waals surface area contributed by atoms with Crippen LogP contribution in [-0.2, 0) is 0 Å². The summed E-state index contributed by atoms with van der Waals surface area (Å²) < 4.78 is 12.8. The van der Waals surface area contributed by atoms with Crippen molar-refractivity contribution in [1.82, 2.24) is 0 Å². The van der Waals surface area contributed by atoms with Gasteiger partial charge < -0.3 is 0 Å². The topological polar surface area (TPSA) is 0 Å². The average molecular weight is 770 g/mol. The van der Waals surface area contributed by atoms with Crippen LogP contribution in [0.5, 0.6) is 0 Å². The quantitative estimate of drug-likeness (QED) is 0.182. The van der Waals surface area contributed by atoms with Crippen molar-refractivity contribution in [3.8, 4) is 0 Å². The molecule has 0 bridgehead atoms. The third-order valence-corrected chi connectivity index (χ3v) is 40.4. The second-order valence-corrected chi connectivity index (χ2v) is 37.5. The Morgan fingerprint density at radius 1 is 0.238 bits per heavy atom. The van der Waals surface area contributed by atoms with Gasteiger partial charge in [-0.3, -0.25) is 0 Å². The summed E-state index contributed by atoms with van der Waals surface area (Å²) in [5.41, 5.74) is 0. The SMILES string of the molecule is c1cc[c]([Sn]2([c]3ccccc3)[CH2]CCCCCC[CH2][Sn]([c]3ccccc3)([c]3ccccc3)[CH2]CCCCCC[CH2]2)cc1. The molecule has 0 unspecified atom stereocenters. The number of hydrogen-bond donors (Lipinski definition) is 0. The summed E-state index contributed by atoms with van der Waals surface area (Å²) in [5, 5.41) is 0. The molecule has 0 nitrogen and oxygen atoms in total. The van der Waals surface area contributed by atoms with E-state index in [4.69, 9.17) is 0 Å². The van der Waals surface area contributed by atoms with Crippen LogP contribution >= 0.6 is 0 Å². The molecule has 2 heteroatoms. The molecule has 1 heterocycles. The van der Waals surface area contributed by atoms with Gasteiger partial charge in [-0.25, -0.2) is 0 Å². The van der Waals surface area contributed by atoms with Crippen LogP contribution in [0.25, 0.3) is 0 Å². The summed E-state index contributed by atoms with van der Waals surface area (Å²) in [7, 11) is 0. The van der Waals surface area contributed by atoms with Crippen LogP contribution in [0.15, 0.2) is 121 Å². The molecule has 0 saturated carbocycles. The van der Waals surface area contributed by atoms with Crippen LogP contribution in [-0.4, -0.2) is 36.8 Å². The predicted molar refractivity (Wildman–Crippen MR) is 190 cm³/mol. The molecule has 42 heavy (non-hydrogen) atoms. The first kappa shape index (κ1) is 31.9. The Labute approximate surface area is 265 Å². The van der Waals surface area contributed by atoms with E-state index in [2.05, 4.69) is 121 Å². The summed E-state index contributed by atoms with van der Waals surface area (Å²) in [6, 6.07) is 47.2. The van der Waals surface area contributed by atoms with Crippen molar-refractivity contribution in [2.24, 2.45) is 0 Å². The van der Waals surface area contributed by atoms with Gasteiger partial charge >= 0.3 is 267 Å². The van der Waals surface area contributed by atoms with Gasteiger partial charge in [0, 0.05) is 0 Å². The fourth-order valence-electron chi connectivity index (χ4n) is 7.89. The zero-order valence-corrected chi connectivity index (χ0v) is 31.6. The standard InChI is InChI=1S/2C8H16.4C6H5.2Sn/c2*1-3-5-7-8-6-4-2;4*1-2-4-6-5-3-1;;/h2*1-8H2;4*1-5H;;. The van der Waals surface area contributed by atoms with Crippen LogP contribution in [0.3, 0.4) is 0 Å². The van der Waals surface area contributed by atoms with E-state index in [1.54, 1.807) is 14.3 Å². The Kier molecular flexibility index (Phi) is 13.0. The summed E-state index contributed by atoms with van der Waals surface area (Å²) in [6.07, 6.45) is 16.9. The Morgan fingerprint density at radius 2 is 0.429 bits per heavy atom. The second kappa shape index (κ2) is 17.1. The van der Waals surface area contributed by atoms with E-state index >= 15 is 0 Å². The van der Waals surface area contributed by atoms with E-state index in [1.807, 2.05) is 0 Å². The van der Waals surface area contributed by atoms with E-state index < -0.39 is 36.8 Å². The molecule has 0 amide bonds. The molecular weight excluding hydrogens is 718 g/mol. The molecular formula is C40H52Sn2. The average Bonchev–Trinajstić information content (AvgIpc) is 3.06. The van der Waals surface area contributed by atoms with Gasteiger partial charge in [0.1, 0.15) is 0 Å². The molecule has 0 aromatic heterocycles. The fraction of sp³-hybridized carbons (Fsp3) is 0.400. The van der Waals surface area contributed by atoms with E-state index in [0.29, 0.717) is 0 Å². The van der Waals surface area contributed by atoms with Crippen molar-refractivity contribution in [2.75, 3.05) is 0 Å². The molecule has 1 aliphatic rings. The van der Waals surface area contributed by atoms with E-state index in [-0.39, 0.29) is 0 Å². The van der Waals surface area contributed by atoms with Gasteiger partial charge in [-0.1, -0.05) is 0 Å². The van der Waals surface area contributed by atoms with E-state index in [0.717, 1.165) is 0 Å². The van der Waals surface area contributed by atoms with Crippen molar-refractivity contribution in [3.63, 3.8) is 0 Å². The van der Waals surface area contributed by atoms with Crippen molar-refractivity contribution in [2.45, 2.75) is 94.8 Å². The molecule has 5 rings (SSSR count). The van der Waals surface area contributed by atoms with Crippen LogP contribution < -0.4 is 14.3 Å². The first-order chi connectivity index (χ1) is 20.8. The minimum atomic E-state index is -2.75. The van der Waals surface area contributed by atoms with Gasteiger partial charge in [0.15, 0.2) is 0 Å². The number of benzene rings is 4. The molecule has 1 fully saturated rings. The maximum absolute atomic E-state index is 2.75. The molecule has 4 aromatic carbocycles. The van der Waals surface area contributed by atoms with Gasteiger partial charge in [-0.2, -0.15) is 0 Å². The maximum atomic E-state index is 2.49. The van der Waals surface area contributed by atoms with Crippen LogP contribution in [0.2, 0.25) is 17.7 Å². The third kappa shape index (κ3) is 8.34. The van der Waals surface area contributed by atoms with Gasteiger partial charge in [0.2, 0.25) is 0 Å². The van der Waals surface area contributed by atoms with Crippen LogP contribution in [0.4, 0.5) is 0 Å². The Balaban J connectivity index is 1.31. The second-order valence-electron chi connectivity index (χ2n) is 12.9. The summed E-state index contributed by atoms with van der Waals surface area (Å²) in [6.45, 7) is 0. The Morgan fingerprint density at radius 3 is 0.643 bits per heavy atom. The number of rotatable bonds is 4. The molecule has 0 atom stereocenters. The molecule has 220 valence electrons. The van der Waals surface area contributed by atoms with Gasteiger partial charge in [0.25, 0.3) is 0 Å². The van der Waals surface area contributed by atoms with Crippen LogP contribution in [0.1, 0.15) is 77.0 Å². The van der Waals surface area contributed by atoms with E-state index in [1.165, 1.54) is 94.8 Å². The normalized spacial score (nSPS) is 19.2. The van der Waals surface area contributed by atoms with Gasteiger partial charge in [-0.15, -0.1) is 0 Å². The first-order valence-electron chi connectivity index (χ1n) is 17.1. The molecule has 4 aromatic rings. The third-order valence-electron chi connectivity index (χ3n) is 10.2. The minimum absolute atomic E-state index is 1.41. The molecule has 0 spiro atoms. The van der Waals surface area contributed by atoms with Gasteiger partial charge in [0.05, 0.1) is 0 Å². The molecule has 1 aliphatic heterocycles. The Bertz CT molecular complexity index is 1060. The summed E-state index contributed by atoms with van der Waals surface area (Å²) in [4.78, 5) is 0. The van der Waals surface area contributed by atoms with Crippen molar-refractivity contribution < 1.29 is 0 Å². The summed E-state index contributed by atoms with van der Waals surface area (Å²) >= 11 is -5.49. The van der Waals surface area contributed by atoms with Crippen molar-refractivity contribution in [3.05, 3.63) is 121 Å². The number of hydrogen-bond acceptors (Lipinski definition) is 0. The van der Waals surface area contributed by atoms with Crippen molar-refractivity contribution in [1.29, 1.82) is 0 Å². The zero-order valence-electron chi connectivity index (χ0n) is 25.9. The predicted octanol–water partition coefficient (Wildman–Crippen LogP) is 9.21. The van der Waals surface area contributed by atoms with Crippen molar-refractivity contribution >= 4 is 51.1 Å². The monoisotopic (exact) mass is 772 g/mol. The molecule has 0 N–H and O–H groups in total. The fourth-order valence-corrected chi connectivity index (χ4v) is 37.0. The molecule has 1 saturated heterocycles.